The van der Waals surface area contributed by atoms with Crippen LogP contribution in [0.5, 0.6) is 0 Å². The number of rotatable bonds is 5. The van der Waals surface area contributed by atoms with E-state index in [1.165, 1.54) is 4.90 Å². The van der Waals surface area contributed by atoms with E-state index in [1.54, 1.807) is 11.8 Å². The highest BCUT2D eigenvalue weighted by molar-refractivity contribution is 7.98. The van der Waals surface area contributed by atoms with E-state index in [-0.39, 0.29) is 6.10 Å². The molecule has 0 bridgehead atoms. The Kier molecular flexibility index (Phi) is 5.20. The number of hydrogen-bond acceptors (Lipinski definition) is 2. The predicted molar refractivity (Wildman–Crippen MR) is 67.3 cm³/mol. The minimum atomic E-state index is -0.316. The molecule has 1 rings (SSSR count). The van der Waals surface area contributed by atoms with E-state index in [0.29, 0.717) is 5.92 Å². The van der Waals surface area contributed by atoms with Crippen LogP contribution in [-0.4, -0.2) is 11.4 Å². The zero-order valence-corrected chi connectivity index (χ0v) is 10.6. The Morgan fingerprint density at radius 2 is 2.00 bits per heavy atom. The Hall–Kier alpha value is -0.470. The largest absolute Gasteiger partial charge is 0.388 e. The summed E-state index contributed by atoms with van der Waals surface area (Å²) in [6, 6.07) is 8.11. The molecule has 0 radical (unpaired) electrons. The van der Waals surface area contributed by atoms with Gasteiger partial charge in [-0.25, -0.2) is 0 Å². The number of aliphatic hydroxyl groups is 1. The Morgan fingerprint density at radius 3 is 2.60 bits per heavy atom. The Morgan fingerprint density at radius 1 is 1.33 bits per heavy atom. The normalized spacial score (nSPS) is 14.9. The summed E-state index contributed by atoms with van der Waals surface area (Å²) in [6.07, 6.45) is 3.71. The summed E-state index contributed by atoms with van der Waals surface area (Å²) in [4.78, 5) is 1.19. The van der Waals surface area contributed by atoms with Crippen molar-refractivity contribution in [1.82, 2.24) is 0 Å². The van der Waals surface area contributed by atoms with Gasteiger partial charge < -0.3 is 5.11 Å². The molecule has 0 saturated heterocycles. The van der Waals surface area contributed by atoms with E-state index in [4.69, 9.17) is 0 Å². The van der Waals surface area contributed by atoms with Crippen LogP contribution in [0.15, 0.2) is 29.2 Å². The molecule has 1 aromatic carbocycles. The van der Waals surface area contributed by atoms with Crippen molar-refractivity contribution < 1.29 is 5.11 Å². The van der Waals surface area contributed by atoms with Crippen LogP contribution in [0.25, 0.3) is 0 Å². The molecule has 0 saturated carbocycles. The highest BCUT2D eigenvalue weighted by Crippen LogP contribution is 2.29. The minimum absolute atomic E-state index is 0.316. The van der Waals surface area contributed by atoms with Gasteiger partial charge in [0.15, 0.2) is 0 Å². The maximum atomic E-state index is 10.1. The van der Waals surface area contributed by atoms with E-state index < -0.39 is 0 Å². The molecule has 0 heterocycles. The third-order valence-corrected chi connectivity index (χ3v) is 3.63. The van der Waals surface area contributed by atoms with Crippen LogP contribution >= 0.6 is 11.8 Å². The molecule has 0 aromatic heterocycles. The standard InChI is InChI=1S/C13H20OS/c1-4-10(2)9-12(14)11-7-5-6-8-13(11)15-3/h5-8,10,12,14H,4,9H2,1-3H3. The molecule has 2 unspecified atom stereocenters. The second-order valence-electron chi connectivity index (χ2n) is 4.01. The summed E-state index contributed by atoms with van der Waals surface area (Å²) >= 11 is 1.70. The first-order valence-electron chi connectivity index (χ1n) is 5.50. The monoisotopic (exact) mass is 224 g/mol. The van der Waals surface area contributed by atoms with Crippen molar-refractivity contribution in [3.8, 4) is 0 Å². The van der Waals surface area contributed by atoms with Crippen LogP contribution < -0.4 is 0 Å². The Balaban J connectivity index is 2.76. The molecule has 15 heavy (non-hydrogen) atoms. The molecule has 2 atom stereocenters. The average molecular weight is 224 g/mol. The van der Waals surface area contributed by atoms with Crippen LogP contribution in [0.4, 0.5) is 0 Å². The molecule has 2 heteroatoms. The molecular formula is C13H20OS. The lowest BCUT2D eigenvalue weighted by atomic mass is 9.96. The summed E-state index contributed by atoms with van der Waals surface area (Å²) in [5.41, 5.74) is 1.07. The van der Waals surface area contributed by atoms with Crippen molar-refractivity contribution >= 4 is 11.8 Å². The fourth-order valence-corrected chi connectivity index (χ4v) is 2.27. The van der Waals surface area contributed by atoms with E-state index >= 15 is 0 Å². The molecule has 0 amide bonds. The van der Waals surface area contributed by atoms with Crippen LogP contribution in [-0.2, 0) is 0 Å². The molecule has 0 aliphatic carbocycles. The first-order valence-corrected chi connectivity index (χ1v) is 6.72. The number of thioether (sulfide) groups is 1. The zero-order valence-electron chi connectivity index (χ0n) is 9.73. The topological polar surface area (TPSA) is 20.2 Å². The van der Waals surface area contributed by atoms with Crippen molar-refractivity contribution in [2.45, 2.75) is 37.7 Å². The average Bonchev–Trinajstić information content (AvgIpc) is 2.28. The van der Waals surface area contributed by atoms with Gasteiger partial charge in [0, 0.05) is 4.90 Å². The Bertz CT molecular complexity index is 298. The van der Waals surface area contributed by atoms with Gasteiger partial charge in [-0.05, 0) is 30.2 Å². The maximum Gasteiger partial charge on any atom is 0.0803 e. The number of hydrogen-bond donors (Lipinski definition) is 1. The Labute approximate surface area is 96.9 Å². The van der Waals surface area contributed by atoms with Crippen molar-refractivity contribution in [3.63, 3.8) is 0 Å². The van der Waals surface area contributed by atoms with Gasteiger partial charge >= 0.3 is 0 Å². The SMILES string of the molecule is CCC(C)CC(O)c1ccccc1SC. The lowest BCUT2D eigenvalue weighted by Gasteiger charge is -2.17. The summed E-state index contributed by atoms with van der Waals surface area (Å²) < 4.78 is 0. The third-order valence-electron chi connectivity index (χ3n) is 2.82. The smallest absolute Gasteiger partial charge is 0.0803 e. The van der Waals surface area contributed by atoms with Crippen LogP contribution in [0.1, 0.15) is 38.4 Å². The molecule has 1 N–H and O–H groups in total. The maximum absolute atomic E-state index is 10.1. The van der Waals surface area contributed by atoms with Gasteiger partial charge in [0.25, 0.3) is 0 Å². The molecule has 1 aromatic rings. The van der Waals surface area contributed by atoms with Crippen molar-refractivity contribution in [2.75, 3.05) is 6.26 Å². The summed E-state index contributed by atoms with van der Waals surface area (Å²) in [7, 11) is 0. The van der Waals surface area contributed by atoms with Gasteiger partial charge in [-0.2, -0.15) is 0 Å². The van der Waals surface area contributed by atoms with Crippen molar-refractivity contribution in [3.05, 3.63) is 29.8 Å². The lowest BCUT2D eigenvalue weighted by molar-refractivity contribution is 0.144. The lowest BCUT2D eigenvalue weighted by Crippen LogP contribution is -2.04. The molecule has 1 nitrogen and oxygen atoms in total. The van der Waals surface area contributed by atoms with Crippen LogP contribution in [0, 0.1) is 5.92 Å². The van der Waals surface area contributed by atoms with E-state index in [9.17, 15) is 5.11 Å². The van der Waals surface area contributed by atoms with E-state index in [1.807, 2.05) is 18.2 Å². The van der Waals surface area contributed by atoms with Crippen LogP contribution in [0.3, 0.4) is 0 Å². The molecule has 0 aliphatic rings. The molecule has 0 spiro atoms. The fourth-order valence-electron chi connectivity index (χ4n) is 1.62. The van der Waals surface area contributed by atoms with Gasteiger partial charge in [0.2, 0.25) is 0 Å². The molecule has 0 fully saturated rings. The zero-order chi connectivity index (χ0) is 11.3. The van der Waals surface area contributed by atoms with Gasteiger partial charge in [0.1, 0.15) is 0 Å². The predicted octanol–water partition coefficient (Wildman–Crippen LogP) is 3.88. The molecule has 0 aliphatic heterocycles. The van der Waals surface area contributed by atoms with E-state index in [2.05, 4.69) is 26.2 Å². The first kappa shape index (κ1) is 12.6. The highest BCUT2D eigenvalue weighted by Gasteiger charge is 2.13. The number of benzene rings is 1. The first-order chi connectivity index (χ1) is 7.19. The highest BCUT2D eigenvalue weighted by atomic mass is 32.2. The summed E-state index contributed by atoms with van der Waals surface area (Å²) in [6.45, 7) is 4.35. The summed E-state index contributed by atoms with van der Waals surface area (Å²) in [5.74, 6) is 0.579. The summed E-state index contributed by atoms with van der Waals surface area (Å²) in [5, 5.41) is 10.1. The minimum Gasteiger partial charge on any atom is -0.388 e. The van der Waals surface area contributed by atoms with Gasteiger partial charge in [-0.3, -0.25) is 0 Å². The number of aliphatic hydroxyl groups excluding tert-OH is 1. The fraction of sp³-hybridized carbons (Fsp3) is 0.538. The third kappa shape index (κ3) is 3.54. The van der Waals surface area contributed by atoms with Crippen LogP contribution in [0.2, 0.25) is 0 Å². The quantitative estimate of drug-likeness (QED) is 0.766. The molecular weight excluding hydrogens is 204 g/mol. The van der Waals surface area contributed by atoms with Crippen molar-refractivity contribution in [1.29, 1.82) is 0 Å². The second kappa shape index (κ2) is 6.19. The molecule has 84 valence electrons. The van der Waals surface area contributed by atoms with Gasteiger partial charge in [-0.1, -0.05) is 38.5 Å². The van der Waals surface area contributed by atoms with E-state index in [0.717, 1.165) is 18.4 Å². The van der Waals surface area contributed by atoms with Crippen molar-refractivity contribution in [2.24, 2.45) is 5.92 Å². The van der Waals surface area contributed by atoms with Gasteiger partial charge in [0.05, 0.1) is 6.10 Å². The van der Waals surface area contributed by atoms with Gasteiger partial charge in [-0.15, -0.1) is 11.8 Å². The second-order valence-corrected chi connectivity index (χ2v) is 4.85.